The zero-order valence-electron chi connectivity index (χ0n) is 7.52. The standard InChI is InChI=1S/C9H5F4NO/c1-5-2-6(4-14)8(7(10)3-5)15-9(11,12)13/h2-3H,1H3. The van der Waals surface area contributed by atoms with E-state index in [1.165, 1.54) is 13.0 Å². The van der Waals surface area contributed by atoms with Crippen molar-refractivity contribution in [3.8, 4) is 11.8 Å². The maximum absolute atomic E-state index is 13.1. The van der Waals surface area contributed by atoms with E-state index in [0.717, 1.165) is 12.1 Å². The van der Waals surface area contributed by atoms with Crippen molar-refractivity contribution in [3.05, 3.63) is 29.1 Å². The average molecular weight is 219 g/mol. The van der Waals surface area contributed by atoms with Crippen LogP contribution in [0.1, 0.15) is 11.1 Å². The van der Waals surface area contributed by atoms with Gasteiger partial charge >= 0.3 is 6.36 Å². The molecule has 0 aliphatic carbocycles. The Balaban J connectivity index is 3.23. The first-order valence-electron chi connectivity index (χ1n) is 3.79. The summed E-state index contributed by atoms with van der Waals surface area (Å²) in [6.45, 7) is 1.46. The van der Waals surface area contributed by atoms with Crippen molar-refractivity contribution >= 4 is 0 Å². The fourth-order valence-corrected chi connectivity index (χ4v) is 1.03. The summed E-state index contributed by atoms with van der Waals surface area (Å²) in [6.07, 6.45) is -5.01. The van der Waals surface area contributed by atoms with Crippen molar-refractivity contribution in [2.75, 3.05) is 0 Å². The Morgan fingerprint density at radius 3 is 2.40 bits per heavy atom. The molecule has 1 aromatic rings. The van der Waals surface area contributed by atoms with Gasteiger partial charge in [-0.1, -0.05) is 0 Å². The first kappa shape index (κ1) is 11.3. The second-order valence-electron chi connectivity index (χ2n) is 2.78. The highest BCUT2D eigenvalue weighted by molar-refractivity contribution is 5.46. The Labute approximate surface area is 82.7 Å². The van der Waals surface area contributed by atoms with Gasteiger partial charge in [0, 0.05) is 0 Å². The Morgan fingerprint density at radius 1 is 1.33 bits per heavy atom. The van der Waals surface area contributed by atoms with Gasteiger partial charge in [0.15, 0.2) is 11.6 Å². The van der Waals surface area contributed by atoms with E-state index in [2.05, 4.69) is 4.74 Å². The van der Waals surface area contributed by atoms with Gasteiger partial charge in [0.05, 0.1) is 5.56 Å². The Hall–Kier alpha value is -1.77. The van der Waals surface area contributed by atoms with Crippen LogP contribution in [0.4, 0.5) is 17.6 Å². The molecule has 0 amide bonds. The normalized spacial score (nSPS) is 10.9. The highest BCUT2D eigenvalue weighted by Crippen LogP contribution is 2.29. The molecule has 0 heterocycles. The number of halogens is 4. The molecule has 1 rings (SSSR count). The van der Waals surface area contributed by atoms with Crippen molar-refractivity contribution in [1.82, 2.24) is 0 Å². The summed E-state index contributed by atoms with van der Waals surface area (Å²) in [5.74, 6) is -2.29. The van der Waals surface area contributed by atoms with Crippen molar-refractivity contribution in [3.63, 3.8) is 0 Å². The van der Waals surface area contributed by atoms with Crippen LogP contribution < -0.4 is 4.74 Å². The van der Waals surface area contributed by atoms with Crippen LogP contribution in [-0.2, 0) is 0 Å². The second-order valence-corrected chi connectivity index (χ2v) is 2.78. The monoisotopic (exact) mass is 219 g/mol. The molecule has 0 atom stereocenters. The van der Waals surface area contributed by atoms with Gasteiger partial charge in [-0.2, -0.15) is 5.26 Å². The van der Waals surface area contributed by atoms with Crippen molar-refractivity contribution in [2.24, 2.45) is 0 Å². The lowest BCUT2D eigenvalue weighted by atomic mass is 10.1. The molecule has 80 valence electrons. The summed E-state index contributed by atoms with van der Waals surface area (Å²) in [6, 6.07) is 3.41. The van der Waals surface area contributed by atoms with E-state index >= 15 is 0 Å². The van der Waals surface area contributed by atoms with Crippen molar-refractivity contribution < 1.29 is 22.3 Å². The molecule has 0 saturated carbocycles. The summed E-state index contributed by atoms with van der Waals surface area (Å²) in [7, 11) is 0. The topological polar surface area (TPSA) is 33.0 Å². The third kappa shape index (κ3) is 2.84. The van der Waals surface area contributed by atoms with Gasteiger partial charge in [0.1, 0.15) is 6.07 Å². The van der Waals surface area contributed by atoms with Gasteiger partial charge in [-0.3, -0.25) is 0 Å². The highest BCUT2D eigenvalue weighted by atomic mass is 19.4. The van der Waals surface area contributed by atoms with Crippen molar-refractivity contribution in [2.45, 2.75) is 13.3 Å². The fraction of sp³-hybridized carbons (Fsp3) is 0.222. The SMILES string of the molecule is Cc1cc(F)c(OC(F)(F)F)c(C#N)c1. The number of nitrogens with zero attached hydrogens (tertiary/aromatic N) is 1. The van der Waals surface area contributed by atoms with E-state index in [4.69, 9.17) is 5.26 Å². The minimum absolute atomic E-state index is 0.346. The maximum atomic E-state index is 13.1. The highest BCUT2D eigenvalue weighted by Gasteiger charge is 2.33. The molecule has 2 nitrogen and oxygen atoms in total. The molecule has 0 aliphatic heterocycles. The summed E-state index contributed by atoms with van der Waals surface area (Å²) >= 11 is 0. The molecule has 15 heavy (non-hydrogen) atoms. The van der Waals surface area contributed by atoms with E-state index in [1.807, 2.05) is 0 Å². The number of nitriles is 1. The molecule has 0 bridgehead atoms. The third-order valence-corrected chi connectivity index (χ3v) is 1.53. The van der Waals surface area contributed by atoms with Crippen LogP contribution in [0.2, 0.25) is 0 Å². The second kappa shape index (κ2) is 3.77. The number of ether oxygens (including phenoxy) is 1. The molecule has 0 radical (unpaired) electrons. The van der Waals surface area contributed by atoms with Crippen LogP contribution in [-0.4, -0.2) is 6.36 Å². The average Bonchev–Trinajstić information content (AvgIpc) is 2.07. The van der Waals surface area contributed by atoms with Gasteiger partial charge in [-0.15, -0.1) is 13.2 Å². The molecular weight excluding hydrogens is 214 g/mol. The lowest BCUT2D eigenvalue weighted by molar-refractivity contribution is -0.275. The lowest BCUT2D eigenvalue weighted by Gasteiger charge is -2.11. The van der Waals surface area contributed by atoms with Gasteiger partial charge < -0.3 is 4.74 Å². The van der Waals surface area contributed by atoms with E-state index in [-0.39, 0.29) is 0 Å². The first-order valence-corrected chi connectivity index (χ1v) is 3.79. The number of hydrogen-bond donors (Lipinski definition) is 0. The van der Waals surface area contributed by atoms with Crippen LogP contribution in [0, 0.1) is 24.1 Å². The Morgan fingerprint density at radius 2 is 1.93 bits per heavy atom. The number of alkyl halides is 3. The zero-order valence-corrected chi connectivity index (χ0v) is 7.52. The molecule has 0 saturated heterocycles. The predicted octanol–water partition coefficient (Wildman–Crippen LogP) is 2.90. The Kier molecular flexibility index (Phi) is 2.84. The van der Waals surface area contributed by atoms with Crippen LogP contribution in [0.5, 0.6) is 5.75 Å². The fourth-order valence-electron chi connectivity index (χ4n) is 1.03. The summed E-state index contributed by atoms with van der Waals surface area (Å²) in [5, 5.41) is 8.50. The quantitative estimate of drug-likeness (QED) is 0.680. The van der Waals surface area contributed by atoms with Crippen LogP contribution in [0.15, 0.2) is 12.1 Å². The minimum atomic E-state index is -5.01. The molecule has 0 N–H and O–H groups in total. The molecule has 0 aromatic heterocycles. The molecule has 0 spiro atoms. The number of rotatable bonds is 1. The van der Waals surface area contributed by atoms with Gasteiger partial charge in [-0.05, 0) is 24.6 Å². The molecular formula is C9H5F4NO. The maximum Gasteiger partial charge on any atom is 0.573 e. The van der Waals surface area contributed by atoms with Gasteiger partial charge in [0.25, 0.3) is 0 Å². The van der Waals surface area contributed by atoms with Crippen LogP contribution in [0.25, 0.3) is 0 Å². The molecule has 0 fully saturated rings. The summed E-state index contributed by atoms with van der Waals surface area (Å²) < 4.78 is 52.0. The largest absolute Gasteiger partial charge is 0.573 e. The smallest absolute Gasteiger partial charge is 0.401 e. The third-order valence-electron chi connectivity index (χ3n) is 1.53. The van der Waals surface area contributed by atoms with Crippen molar-refractivity contribution in [1.29, 1.82) is 5.26 Å². The number of aryl methyl sites for hydroxylation is 1. The van der Waals surface area contributed by atoms with E-state index in [9.17, 15) is 17.6 Å². The van der Waals surface area contributed by atoms with E-state index in [0.29, 0.717) is 5.56 Å². The first-order chi connectivity index (χ1) is 6.83. The van der Waals surface area contributed by atoms with Gasteiger partial charge in [-0.25, -0.2) is 4.39 Å². The zero-order chi connectivity index (χ0) is 11.6. The summed E-state index contributed by atoms with van der Waals surface area (Å²) in [4.78, 5) is 0. The summed E-state index contributed by atoms with van der Waals surface area (Å²) in [5.41, 5.74) is -0.136. The van der Waals surface area contributed by atoms with Crippen LogP contribution >= 0.6 is 0 Å². The molecule has 0 unspecified atom stereocenters. The predicted molar refractivity (Wildman–Crippen MR) is 42.5 cm³/mol. The molecule has 1 aromatic carbocycles. The van der Waals surface area contributed by atoms with E-state index < -0.39 is 23.5 Å². The number of hydrogen-bond acceptors (Lipinski definition) is 2. The van der Waals surface area contributed by atoms with E-state index in [1.54, 1.807) is 0 Å². The van der Waals surface area contributed by atoms with Crippen LogP contribution in [0.3, 0.4) is 0 Å². The minimum Gasteiger partial charge on any atom is -0.401 e. The lowest BCUT2D eigenvalue weighted by Crippen LogP contribution is -2.18. The Bertz CT molecular complexity index is 419. The van der Waals surface area contributed by atoms with Gasteiger partial charge in [0.2, 0.25) is 0 Å². The molecule has 6 heteroatoms. The number of benzene rings is 1. The molecule has 0 aliphatic rings.